The van der Waals surface area contributed by atoms with Crippen LogP contribution in [-0.2, 0) is 0 Å². The minimum absolute atomic E-state index is 0.481. The molecule has 4 heteroatoms. The van der Waals surface area contributed by atoms with Crippen molar-refractivity contribution in [2.75, 3.05) is 26.4 Å². The number of rotatable bonds is 6. The van der Waals surface area contributed by atoms with Crippen molar-refractivity contribution in [3.05, 3.63) is 86.0 Å². The highest BCUT2D eigenvalue weighted by atomic mass is 16.5. The van der Waals surface area contributed by atoms with E-state index in [2.05, 4.69) is 13.2 Å². The van der Waals surface area contributed by atoms with Gasteiger partial charge in [-0.05, 0) is 36.4 Å². The maximum atomic E-state index is 5.42. The van der Waals surface area contributed by atoms with E-state index in [1.54, 1.807) is 12.2 Å². The van der Waals surface area contributed by atoms with Gasteiger partial charge in [-0.2, -0.15) is 0 Å². The molecule has 136 valence electrons. The van der Waals surface area contributed by atoms with Crippen LogP contribution in [0.2, 0.25) is 0 Å². The van der Waals surface area contributed by atoms with Crippen molar-refractivity contribution in [3.8, 4) is 23.0 Å². The van der Waals surface area contributed by atoms with Crippen LogP contribution in [0.4, 0.5) is 0 Å². The van der Waals surface area contributed by atoms with Crippen LogP contribution >= 0.6 is 0 Å². The molecular weight excluding hydrogens is 328 g/mol. The van der Waals surface area contributed by atoms with Crippen LogP contribution < -0.4 is 18.9 Å². The Balaban J connectivity index is 0.000000189. The largest absolute Gasteiger partial charge is 0.486 e. The lowest BCUT2D eigenvalue weighted by Gasteiger charge is -2.12. The Labute approximate surface area is 155 Å². The van der Waals surface area contributed by atoms with Crippen molar-refractivity contribution in [1.29, 1.82) is 0 Å². The molecule has 0 bridgehead atoms. The molecule has 0 radical (unpaired) electrons. The highest BCUT2D eigenvalue weighted by Gasteiger charge is 2.03. The predicted molar refractivity (Wildman–Crippen MR) is 104 cm³/mol. The van der Waals surface area contributed by atoms with Gasteiger partial charge in [0.2, 0.25) is 0 Å². The number of benzene rings is 2. The van der Waals surface area contributed by atoms with Crippen molar-refractivity contribution < 1.29 is 18.9 Å². The van der Waals surface area contributed by atoms with Crippen LogP contribution in [0.3, 0.4) is 0 Å². The summed E-state index contributed by atoms with van der Waals surface area (Å²) in [6.07, 6.45) is 7.31. The Morgan fingerprint density at radius 2 is 1.15 bits per heavy atom. The Morgan fingerprint density at radius 3 is 1.58 bits per heavy atom. The molecule has 0 unspecified atom stereocenters. The normalized spacial score (nSPS) is 13.1. The van der Waals surface area contributed by atoms with Crippen LogP contribution in [0, 0.1) is 0 Å². The standard InChI is InChI=1S/C12H14O2.C10H10O2/c1-3-9-13-11-7-5-6-8-12(11)14-10-4-2;1-2-6-10-9(5-1)11-7-3-4-8-12-10/h3-8H,1-2,9-10H2;1-6H,7-8H2/b;4-3-. The van der Waals surface area contributed by atoms with Gasteiger partial charge in [0, 0.05) is 0 Å². The fourth-order valence-corrected chi connectivity index (χ4v) is 2.09. The Morgan fingerprint density at radius 1 is 0.731 bits per heavy atom. The average molecular weight is 352 g/mol. The fraction of sp³-hybridized carbons (Fsp3) is 0.182. The molecule has 0 amide bonds. The van der Waals surface area contributed by atoms with E-state index in [1.807, 2.05) is 60.7 Å². The molecule has 0 atom stereocenters. The molecule has 0 spiro atoms. The van der Waals surface area contributed by atoms with Gasteiger partial charge in [-0.3, -0.25) is 0 Å². The van der Waals surface area contributed by atoms with Crippen LogP contribution in [0.1, 0.15) is 0 Å². The molecule has 1 aliphatic rings. The van der Waals surface area contributed by atoms with E-state index in [0.29, 0.717) is 26.4 Å². The summed E-state index contributed by atoms with van der Waals surface area (Å²) in [6, 6.07) is 15.2. The number of hydrogen-bond donors (Lipinski definition) is 0. The monoisotopic (exact) mass is 352 g/mol. The molecular formula is C22H24O4. The average Bonchev–Trinajstić information content (AvgIpc) is 2.66. The van der Waals surface area contributed by atoms with E-state index in [-0.39, 0.29) is 0 Å². The predicted octanol–water partition coefficient (Wildman–Crippen LogP) is 4.83. The summed E-state index contributed by atoms with van der Waals surface area (Å²) < 4.78 is 21.6. The molecule has 0 saturated carbocycles. The van der Waals surface area contributed by atoms with Gasteiger partial charge >= 0.3 is 0 Å². The highest BCUT2D eigenvalue weighted by Crippen LogP contribution is 2.27. The van der Waals surface area contributed by atoms with Crippen molar-refractivity contribution in [2.45, 2.75) is 0 Å². The van der Waals surface area contributed by atoms with Crippen molar-refractivity contribution in [2.24, 2.45) is 0 Å². The van der Waals surface area contributed by atoms with E-state index in [9.17, 15) is 0 Å². The van der Waals surface area contributed by atoms with Crippen molar-refractivity contribution in [1.82, 2.24) is 0 Å². The van der Waals surface area contributed by atoms with Crippen molar-refractivity contribution in [3.63, 3.8) is 0 Å². The molecule has 0 saturated heterocycles. The first kappa shape index (κ1) is 19.2. The molecule has 1 aliphatic heterocycles. The molecule has 3 rings (SSSR count). The van der Waals surface area contributed by atoms with Crippen LogP contribution in [0.5, 0.6) is 23.0 Å². The summed E-state index contributed by atoms with van der Waals surface area (Å²) in [7, 11) is 0. The molecule has 4 nitrogen and oxygen atoms in total. The Bertz CT molecular complexity index is 662. The number of fused-ring (bicyclic) bond motifs is 1. The summed E-state index contributed by atoms with van der Waals surface area (Å²) in [5.41, 5.74) is 0. The Hall–Kier alpha value is -3.14. The molecule has 0 fully saturated rings. The fourth-order valence-electron chi connectivity index (χ4n) is 2.09. The molecule has 26 heavy (non-hydrogen) atoms. The van der Waals surface area contributed by atoms with E-state index < -0.39 is 0 Å². The maximum Gasteiger partial charge on any atom is 0.161 e. The third-order valence-electron chi connectivity index (χ3n) is 3.25. The van der Waals surface area contributed by atoms with Gasteiger partial charge in [-0.15, -0.1) is 0 Å². The van der Waals surface area contributed by atoms with Gasteiger partial charge in [-0.1, -0.05) is 49.6 Å². The SMILES string of the molecule is C1=C\COc2ccccc2OC/1.C=CCOc1ccccc1OCC=C. The molecule has 2 aromatic rings. The van der Waals surface area contributed by atoms with Gasteiger partial charge in [0.25, 0.3) is 0 Å². The maximum absolute atomic E-state index is 5.42. The lowest BCUT2D eigenvalue weighted by molar-refractivity contribution is 0.297. The zero-order chi connectivity index (χ0) is 18.5. The molecule has 0 aromatic heterocycles. The molecule has 0 aliphatic carbocycles. The van der Waals surface area contributed by atoms with E-state index >= 15 is 0 Å². The first-order valence-corrected chi connectivity index (χ1v) is 8.41. The third-order valence-corrected chi connectivity index (χ3v) is 3.25. The zero-order valence-corrected chi connectivity index (χ0v) is 14.8. The summed E-state index contributed by atoms with van der Waals surface area (Å²) in [6.45, 7) is 9.38. The number of para-hydroxylation sites is 4. The summed E-state index contributed by atoms with van der Waals surface area (Å²) in [4.78, 5) is 0. The second kappa shape index (κ2) is 11.4. The topological polar surface area (TPSA) is 36.9 Å². The quantitative estimate of drug-likeness (QED) is 0.698. The van der Waals surface area contributed by atoms with Crippen LogP contribution in [0.25, 0.3) is 0 Å². The zero-order valence-electron chi connectivity index (χ0n) is 14.8. The second-order valence-corrected chi connectivity index (χ2v) is 5.19. The lowest BCUT2D eigenvalue weighted by atomic mass is 10.3. The number of ether oxygens (including phenoxy) is 4. The van der Waals surface area contributed by atoms with Crippen LogP contribution in [-0.4, -0.2) is 26.4 Å². The summed E-state index contributed by atoms with van der Waals surface area (Å²) in [5, 5.41) is 0. The first-order valence-electron chi connectivity index (χ1n) is 8.41. The molecule has 1 heterocycles. The molecule has 0 N–H and O–H groups in total. The lowest BCUT2D eigenvalue weighted by Crippen LogP contribution is -2.03. The van der Waals surface area contributed by atoms with Gasteiger partial charge < -0.3 is 18.9 Å². The summed E-state index contributed by atoms with van der Waals surface area (Å²) >= 11 is 0. The smallest absolute Gasteiger partial charge is 0.161 e. The molecule has 2 aromatic carbocycles. The third kappa shape index (κ3) is 6.40. The minimum Gasteiger partial charge on any atom is -0.486 e. The van der Waals surface area contributed by atoms with E-state index in [0.717, 1.165) is 23.0 Å². The summed E-state index contributed by atoms with van der Waals surface area (Å²) in [5.74, 6) is 3.10. The Kier molecular flexibility index (Phi) is 8.43. The van der Waals surface area contributed by atoms with E-state index in [1.165, 1.54) is 0 Å². The van der Waals surface area contributed by atoms with Gasteiger partial charge in [-0.25, -0.2) is 0 Å². The highest BCUT2D eigenvalue weighted by molar-refractivity contribution is 5.40. The second-order valence-electron chi connectivity index (χ2n) is 5.19. The van der Waals surface area contributed by atoms with Crippen molar-refractivity contribution >= 4 is 0 Å². The minimum atomic E-state index is 0.481. The van der Waals surface area contributed by atoms with Gasteiger partial charge in [0.15, 0.2) is 23.0 Å². The van der Waals surface area contributed by atoms with E-state index in [4.69, 9.17) is 18.9 Å². The first-order chi connectivity index (χ1) is 12.8. The van der Waals surface area contributed by atoms with Crippen LogP contribution in [0.15, 0.2) is 86.0 Å². The van der Waals surface area contributed by atoms with Gasteiger partial charge in [0.05, 0.1) is 0 Å². The van der Waals surface area contributed by atoms with Gasteiger partial charge in [0.1, 0.15) is 26.4 Å². The number of hydrogen-bond acceptors (Lipinski definition) is 4.